The van der Waals surface area contributed by atoms with Crippen LogP contribution in [0.2, 0.25) is 5.02 Å². The van der Waals surface area contributed by atoms with Crippen molar-refractivity contribution in [1.29, 1.82) is 0 Å². The zero-order valence-corrected chi connectivity index (χ0v) is 15.8. The zero-order valence-electron chi connectivity index (χ0n) is 15.1. The molecule has 0 unspecified atom stereocenters. The maximum atomic E-state index is 12.3. The van der Waals surface area contributed by atoms with Crippen LogP contribution in [0.4, 0.5) is 0 Å². The number of hydrogen-bond acceptors (Lipinski definition) is 4. The van der Waals surface area contributed by atoms with Gasteiger partial charge in [-0.1, -0.05) is 43.1 Å². The van der Waals surface area contributed by atoms with E-state index in [4.69, 9.17) is 16.3 Å². The number of benzene rings is 2. The Kier molecular flexibility index (Phi) is 5.42. The first-order valence-electron chi connectivity index (χ1n) is 8.50. The van der Waals surface area contributed by atoms with E-state index in [1.165, 1.54) is 9.36 Å². The highest BCUT2D eigenvalue weighted by Gasteiger charge is 2.15. The molecule has 7 heteroatoms. The van der Waals surface area contributed by atoms with E-state index in [-0.39, 0.29) is 12.3 Å². The lowest BCUT2D eigenvalue weighted by atomic mass is 10.0. The Morgan fingerprint density at radius 1 is 1.19 bits per heavy atom. The van der Waals surface area contributed by atoms with Crippen molar-refractivity contribution in [3.8, 4) is 11.4 Å². The first kappa shape index (κ1) is 18.2. The van der Waals surface area contributed by atoms with Gasteiger partial charge in [-0.05, 0) is 53.1 Å². The van der Waals surface area contributed by atoms with Crippen LogP contribution in [0.15, 0.2) is 41.2 Å². The van der Waals surface area contributed by atoms with Crippen LogP contribution >= 0.6 is 11.6 Å². The minimum absolute atomic E-state index is 0.289. The highest BCUT2D eigenvalue weighted by atomic mass is 35.5. The van der Waals surface area contributed by atoms with Crippen molar-refractivity contribution in [3.63, 3.8) is 0 Å². The highest BCUT2D eigenvalue weighted by molar-refractivity contribution is 6.32. The van der Waals surface area contributed by atoms with Gasteiger partial charge in [0.05, 0.1) is 10.7 Å². The van der Waals surface area contributed by atoms with Gasteiger partial charge in [-0.2, -0.15) is 9.36 Å². The fraction of sp³-hybridized carbons (Fsp3) is 0.316. The van der Waals surface area contributed by atoms with Crippen LogP contribution in [-0.4, -0.2) is 19.8 Å². The molecule has 1 heterocycles. The summed E-state index contributed by atoms with van der Waals surface area (Å²) in [5.74, 6) is 0.621. The lowest BCUT2D eigenvalue weighted by Crippen LogP contribution is -2.23. The molecule has 2 aromatic carbocycles. The number of nitrogens with zero attached hydrogens (tertiary/aromatic N) is 4. The first-order chi connectivity index (χ1) is 12.5. The van der Waals surface area contributed by atoms with Gasteiger partial charge in [-0.25, -0.2) is 4.79 Å². The number of ether oxygens (including phenoxy) is 1. The van der Waals surface area contributed by atoms with Crippen molar-refractivity contribution in [2.45, 2.75) is 33.3 Å². The number of aryl methyl sites for hydroxylation is 3. The van der Waals surface area contributed by atoms with E-state index in [9.17, 15) is 4.79 Å². The first-order valence-corrected chi connectivity index (χ1v) is 8.88. The van der Waals surface area contributed by atoms with Crippen molar-refractivity contribution >= 4 is 11.6 Å². The van der Waals surface area contributed by atoms with Gasteiger partial charge in [0.25, 0.3) is 0 Å². The van der Waals surface area contributed by atoms with E-state index in [0.717, 1.165) is 29.5 Å². The largest absolute Gasteiger partial charge is 0.487 e. The average molecular weight is 373 g/mol. The molecule has 0 bridgehead atoms. The fourth-order valence-corrected chi connectivity index (χ4v) is 3.00. The molecule has 0 aliphatic rings. The standard InChI is InChI=1S/C19H21ClN4O2/c1-4-6-14-7-5-8-17(24-19(25)23(3)21-22-24)15(14)12-26-18-11-13(2)9-10-16(18)20/h5,7-11H,4,6,12H2,1-3H3. The number of tetrazole rings is 1. The molecule has 0 saturated carbocycles. The lowest BCUT2D eigenvalue weighted by molar-refractivity contribution is 0.304. The molecule has 1 aromatic heterocycles. The third kappa shape index (κ3) is 3.65. The molecule has 0 fully saturated rings. The summed E-state index contributed by atoms with van der Waals surface area (Å²) in [5, 5.41) is 8.34. The minimum atomic E-state index is -0.298. The summed E-state index contributed by atoms with van der Waals surface area (Å²) in [7, 11) is 1.57. The Balaban J connectivity index is 2.02. The summed E-state index contributed by atoms with van der Waals surface area (Å²) < 4.78 is 8.50. The summed E-state index contributed by atoms with van der Waals surface area (Å²) in [6.45, 7) is 4.39. The van der Waals surface area contributed by atoms with E-state index < -0.39 is 0 Å². The van der Waals surface area contributed by atoms with Gasteiger partial charge in [-0.15, -0.1) is 0 Å². The Morgan fingerprint density at radius 2 is 2.00 bits per heavy atom. The number of aromatic nitrogens is 4. The SMILES string of the molecule is CCCc1cccc(-n2nnn(C)c2=O)c1COc1cc(C)ccc1Cl. The molecule has 0 aliphatic carbocycles. The van der Waals surface area contributed by atoms with Crippen molar-refractivity contribution < 1.29 is 4.74 Å². The predicted octanol–water partition coefficient (Wildman–Crippen LogP) is 3.46. The van der Waals surface area contributed by atoms with Crippen LogP contribution in [0.1, 0.15) is 30.0 Å². The average Bonchev–Trinajstić information content (AvgIpc) is 2.95. The van der Waals surface area contributed by atoms with Gasteiger partial charge in [-0.3, -0.25) is 0 Å². The molecular formula is C19H21ClN4O2. The molecule has 0 radical (unpaired) electrons. The van der Waals surface area contributed by atoms with Gasteiger partial charge in [0.1, 0.15) is 12.4 Å². The molecule has 0 aliphatic heterocycles. The fourth-order valence-electron chi connectivity index (χ4n) is 2.83. The summed E-state index contributed by atoms with van der Waals surface area (Å²) >= 11 is 6.24. The van der Waals surface area contributed by atoms with E-state index in [2.05, 4.69) is 17.4 Å². The van der Waals surface area contributed by atoms with Gasteiger partial charge in [0.2, 0.25) is 0 Å². The lowest BCUT2D eigenvalue weighted by Gasteiger charge is -2.15. The van der Waals surface area contributed by atoms with E-state index >= 15 is 0 Å². The summed E-state index contributed by atoms with van der Waals surface area (Å²) in [6.07, 6.45) is 1.86. The Morgan fingerprint density at radius 3 is 2.69 bits per heavy atom. The second-order valence-corrected chi connectivity index (χ2v) is 6.59. The van der Waals surface area contributed by atoms with Gasteiger partial charge >= 0.3 is 5.69 Å². The molecule has 6 nitrogen and oxygen atoms in total. The highest BCUT2D eigenvalue weighted by Crippen LogP contribution is 2.28. The Hall–Kier alpha value is -2.60. The maximum Gasteiger partial charge on any atom is 0.368 e. The Labute approximate surface area is 157 Å². The van der Waals surface area contributed by atoms with Gasteiger partial charge < -0.3 is 4.74 Å². The smallest absolute Gasteiger partial charge is 0.368 e. The number of halogens is 1. The molecular weight excluding hydrogens is 352 g/mol. The van der Waals surface area contributed by atoms with E-state index in [0.29, 0.717) is 16.5 Å². The van der Waals surface area contributed by atoms with Crippen molar-refractivity contribution in [2.75, 3.05) is 0 Å². The molecule has 0 saturated heterocycles. The topological polar surface area (TPSA) is 61.9 Å². The minimum Gasteiger partial charge on any atom is -0.487 e. The van der Waals surface area contributed by atoms with Gasteiger partial charge in [0.15, 0.2) is 0 Å². The third-order valence-corrected chi connectivity index (χ3v) is 4.49. The normalized spacial score (nSPS) is 10.9. The van der Waals surface area contributed by atoms with Gasteiger partial charge in [0, 0.05) is 12.6 Å². The zero-order chi connectivity index (χ0) is 18.7. The van der Waals surface area contributed by atoms with Crippen LogP contribution < -0.4 is 10.4 Å². The molecule has 0 amide bonds. The summed E-state index contributed by atoms with van der Waals surface area (Å²) in [6, 6.07) is 11.5. The summed E-state index contributed by atoms with van der Waals surface area (Å²) in [5.41, 5.74) is 3.48. The summed E-state index contributed by atoms with van der Waals surface area (Å²) in [4.78, 5) is 12.3. The predicted molar refractivity (Wildman–Crippen MR) is 101 cm³/mol. The van der Waals surface area contributed by atoms with Crippen LogP contribution in [-0.2, 0) is 20.1 Å². The molecule has 26 heavy (non-hydrogen) atoms. The second-order valence-electron chi connectivity index (χ2n) is 6.18. The molecule has 3 rings (SSSR count). The molecule has 3 aromatic rings. The molecule has 0 spiro atoms. The quantitative estimate of drug-likeness (QED) is 0.664. The maximum absolute atomic E-state index is 12.3. The van der Waals surface area contributed by atoms with E-state index in [1.807, 2.05) is 43.3 Å². The number of rotatable bonds is 6. The molecule has 0 atom stereocenters. The monoisotopic (exact) mass is 372 g/mol. The van der Waals surface area contributed by atoms with Crippen molar-refractivity contribution in [3.05, 3.63) is 68.6 Å². The van der Waals surface area contributed by atoms with Crippen molar-refractivity contribution in [2.24, 2.45) is 7.05 Å². The van der Waals surface area contributed by atoms with Crippen LogP contribution in [0.5, 0.6) is 5.75 Å². The van der Waals surface area contributed by atoms with Crippen LogP contribution in [0.3, 0.4) is 0 Å². The Bertz CT molecular complexity index is 978. The number of hydrogen-bond donors (Lipinski definition) is 0. The van der Waals surface area contributed by atoms with Crippen molar-refractivity contribution in [1.82, 2.24) is 19.8 Å². The second kappa shape index (κ2) is 7.74. The molecule has 0 N–H and O–H groups in total. The van der Waals surface area contributed by atoms with Crippen LogP contribution in [0.25, 0.3) is 5.69 Å². The van der Waals surface area contributed by atoms with Crippen LogP contribution in [0, 0.1) is 6.92 Å². The van der Waals surface area contributed by atoms with E-state index in [1.54, 1.807) is 7.05 Å². The molecule has 136 valence electrons. The third-order valence-electron chi connectivity index (χ3n) is 4.18.